The van der Waals surface area contributed by atoms with Crippen LogP contribution in [0.25, 0.3) is 77.6 Å². The van der Waals surface area contributed by atoms with Gasteiger partial charge in [0.15, 0.2) is 0 Å². The molecule has 1 aliphatic heterocycles. The van der Waals surface area contributed by atoms with Crippen LogP contribution >= 0.6 is 0 Å². The Bertz CT molecular complexity index is 3950. The van der Waals surface area contributed by atoms with E-state index in [0.717, 1.165) is 83.9 Å². The number of furan rings is 1. The van der Waals surface area contributed by atoms with Crippen LogP contribution in [0.5, 0.6) is 11.5 Å². The van der Waals surface area contributed by atoms with Gasteiger partial charge in [0.25, 0.3) is 0 Å². The lowest BCUT2D eigenvalue weighted by Crippen LogP contribution is -2.32. The average Bonchev–Trinajstić information content (AvgIpc) is 3.95. The van der Waals surface area contributed by atoms with Crippen LogP contribution in [0.3, 0.4) is 0 Å². The van der Waals surface area contributed by atoms with Crippen LogP contribution in [0.2, 0.25) is 0 Å². The molecule has 3 heteroatoms. The Morgan fingerprint density at radius 3 is 1.54 bits per heavy atom. The highest BCUT2D eigenvalue weighted by molar-refractivity contribution is 6.06. The second-order valence-electron chi connectivity index (χ2n) is 18.3. The first-order chi connectivity index (χ1) is 34.7. The first-order valence-electron chi connectivity index (χ1n) is 24.0. The van der Waals surface area contributed by atoms with Gasteiger partial charge in [-0.05, 0) is 122 Å². The number of para-hydroxylation sites is 4. The molecule has 0 saturated carbocycles. The molecule has 1 aliphatic carbocycles. The van der Waals surface area contributed by atoms with Gasteiger partial charge >= 0.3 is 0 Å². The molecule has 328 valence electrons. The second-order valence-corrected chi connectivity index (χ2v) is 18.3. The number of fused-ring (bicyclic) bond motifs is 12. The van der Waals surface area contributed by atoms with Crippen molar-refractivity contribution in [2.75, 3.05) is 4.90 Å². The summed E-state index contributed by atoms with van der Waals surface area (Å²) in [6.07, 6.45) is 0. The van der Waals surface area contributed by atoms with E-state index in [2.05, 4.69) is 254 Å². The van der Waals surface area contributed by atoms with Gasteiger partial charge in [0.2, 0.25) is 0 Å². The molecule has 0 radical (unpaired) electrons. The van der Waals surface area contributed by atoms with Crippen molar-refractivity contribution in [2.45, 2.75) is 5.41 Å². The minimum absolute atomic E-state index is 0.563. The summed E-state index contributed by atoms with van der Waals surface area (Å²) in [6, 6.07) is 94.2. The van der Waals surface area contributed by atoms with Gasteiger partial charge in [-0.3, -0.25) is 0 Å². The van der Waals surface area contributed by atoms with Crippen LogP contribution in [0, 0.1) is 0 Å². The third-order valence-corrected chi connectivity index (χ3v) is 14.6. The smallest absolute Gasteiger partial charge is 0.136 e. The number of ether oxygens (including phenoxy) is 1. The number of benzene rings is 11. The molecule has 0 amide bonds. The zero-order valence-electron chi connectivity index (χ0n) is 38.1. The van der Waals surface area contributed by atoms with Crippen LogP contribution in [-0.2, 0) is 5.41 Å². The second kappa shape index (κ2) is 16.0. The van der Waals surface area contributed by atoms with E-state index in [-0.39, 0.29) is 0 Å². The Morgan fingerprint density at radius 1 is 0.286 bits per heavy atom. The Hall–Kier alpha value is -9.18. The van der Waals surface area contributed by atoms with Crippen molar-refractivity contribution in [3.05, 3.63) is 283 Å². The molecular weight excluding hydrogens is 851 g/mol. The molecule has 14 rings (SSSR count). The highest BCUT2D eigenvalue weighted by Crippen LogP contribution is 2.62. The van der Waals surface area contributed by atoms with Crippen molar-refractivity contribution in [1.29, 1.82) is 0 Å². The van der Waals surface area contributed by atoms with E-state index >= 15 is 0 Å². The first kappa shape index (κ1) is 39.9. The number of anilines is 3. The fourth-order valence-electron chi connectivity index (χ4n) is 11.6. The van der Waals surface area contributed by atoms with E-state index in [9.17, 15) is 0 Å². The minimum Gasteiger partial charge on any atom is -0.457 e. The molecule has 12 aromatic rings. The van der Waals surface area contributed by atoms with Crippen molar-refractivity contribution < 1.29 is 9.15 Å². The molecule has 2 aliphatic rings. The van der Waals surface area contributed by atoms with Gasteiger partial charge in [-0.15, -0.1) is 0 Å². The SMILES string of the molecule is c1ccc(-c2ccccc2-c2ccccc2-c2ccccc2N(c2ccc(-c3ccc4c(c3)oc3ccccc34)cc2)c2ccc3c(c2)-c2ccccc2C32c3ccccc3Oc3ccccc32)cc1. The highest BCUT2D eigenvalue weighted by Gasteiger charge is 2.51. The van der Waals surface area contributed by atoms with Crippen LogP contribution < -0.4 is 9.64 Å². The summed E-state index contributed by atoms with van der Waals surface area (Å²) >= 11 is 0. The molecule has 0 fully saturated rings. The van der Waals surface area contributed by atoms with Crippen LogP contribution in [0.1, 0.15) is 22.3 Å². The third-order valence-electron chi connectivity index (χ3n) is 14.6. The minimum atomic E-state index is -0.563. The fraction of sp³-hybridized carbons (Fsp3) is 0.0149. The predicted molar refractivity (Wildman–Crippen MR) is 288 cm³/mol. The Morgan fingerprint density at radius 2 is 0.800 bits per heavy atom. The summed E-state index contributed by atoms with van der Waals surface area (Å²) in [7, 11) is 0. The van der Waals surface area contributed by atoms with E-state index in [4.69, 9.17) is 9.15 Å². The van der Waals surface area contributed by atoms with Gasteiger partial charge in [0.1, 0.15) is 22.7 Å². The largest absolute Gasteiger partial charge is 0.457 e. The van der Waals surface area contributed by atoms with E-state index < -0.39 is 5.41 Å². The summed E-state index contributed by atoms with van der Waals surface area (Å²) in [5.41, 5.74) is 20.9. The average molecular weight is 894 g/mol. The predicted octanol–water partition coefficient (Wildman–Crippen LogP) is 18.2. The number of rotatable bonds is 7. The van der Waals surface area contributed by atoms with Gasteiger partial charge in [0, 0.05) is 38.8 Å². The van der Waals surface area contributed by atoms with E-state index in [1.165, 1.54) is 44.5 Å². The molecule has 3 nitrogen and oxygen atoms in total. The van der Waals surface area contributed by atoms with E-state index in [1.54, 1.807) is 0 Å². The van der Waals surface area contributed by atoms with Crippen LogP contribution in [0.4, 0.5) is 17.1 Å². The van der Waals surface area contributed by atoms with Crippen molar-refractivity contribution >= 4 is 39.0 Å². The summed E-state index contributed by atoms with van der Waals surface area (Å²) in [4.78, 5) is 2.45. The first-order valence-corrected chi connectivity index (χ1v) is 24.0. The molecule has 0 unspecified atom stereocenters. The van der Waals surface area contributed by atoms with Crippen LogP contribution in [0.15, 0.2) is 265 Å². The summed E-state index contributed by atoms with van der Waals surface area (Å²) in [6.45, 7) is 0. The molecule has 11 aromatic carbocycles. The molecule has 70 heavy (non-hydrogen) atoms. The van der Waals surface area contributed by atoms with Gasteiger partial charge in [0.05, 0.1) is 11.1 Å². The maximum Gasteiger partial charge on any atom is 0.136 e. The van der Waals surface area contributed by atoms with Gasteiger partial charge in [-0.2, -0.15) is 0 Å². The molecule has 0 atom stereocenters. The van der Waals surface area contributed by atoms with Crippen LogP contribution in [-0.4, -0.2) is 0 Å². The Labute approximate surface area is 406 Å². The molecular formula is C67H43NO2. The van der Waals surface area contributed by atoms with Gasteiger partial charge < -0.3 is 14.1 Å². The lowest BCUT2D eigenvalue weighted by Gasteiger charge is -2.39. The quantitative estimate of drug-likeness (QED) is 0.159. The maximum absolute atomic E-state index is 6.66. The van der Waals surface area contributed by atoms with Crippen molar-refractivity contribution in [1.82, 2.24) is 0 Å². The van der Waals surface area contributed by atoms with Gasteiger partial charge in [-0.25, -0.2) is 0 Å². The number of hydrogen-bond acceptors (Lipinski definition) is 3. The molecule has 0 saturated heterocycles. The third kappa shape index (κ3) is 6.08. The summed E-state index contributed by atoms with van der Waals surface area (Å²) < 4.78 is 13.0. The monoisotopic (exact) mass is 893 g/mol. The standard InChI is InChI=1S/C67H43NO2/c1-2-18-45(19-3-1)49-20-4-5-21-50(49)51-22-6-7-23-52(51)54-25-9-14-30-62(54)68(47-37-34-44(35-38-47)46-36-40-56-55-26-10-15-31-63(55)69-66(56)42-46)48-39-41-59-57(43-48)53-24-8-11-27-58(53)67(59)60-28-12-16-32-64(60)70-65-33-17-13-29-61(65)67/h1-43H. The zero-order valence-corrected chi connectivity index (χ0v) is 38.1. The molecule has 0 bridgehead atoms. The Balaban J connectivity index is 0.973. The topological polar surface area (TPSA) is 25.6 Å². The van der Waals surface area contributed by atoms with Crippen molar-refractivity contribution in [3.63, 3.8) is 0 Å². The van der Waals surface area contributed by atoms with Crippen molar-refractivity contribution in [3.8, 4) is 67.1 Å². The fourth-order valence-corrected chi connectivity index (χ4v) is 11.6. The molecule has 2 heterocycles. The lowest BCUT2D eigenvalue weighted by atomic mass is 9.66. The maximum atomic E-state index is 6.66. The number of nitrogens with zero attached hydrogens (tertiary/aromatic N) is 1. The number of hydrogen-bond donors (Lipinski definition) is 0. The summed E-state index contributed by atoms with van der Waals surface area (Å²) in [5.74, 6) is 1.77. The Kier molecular flexibility index (Phi) is 9.11. The molecule has 1 aromatic heterocycles. The summed E-state index contributed by atoms with van der Waals surface area (Å²) in [5, 5.41) is 2.25. The molecule has 1 spiro atoms. The highest BCUT2D eigenvalue weighted by atomic mass is 16.5. The normalized spacial score (nSPS) is 12.8. The van der Waals surface area contributed by atoms with Gasteiger partial charge in [-0.1, -0.05) is 200 Å². The van der Waals surface area contributed by atoms with E-state index in [0.29, 0.717) is 0 Å². The lowest BCUT2D eigenvalue weighted by molar-refractivity contribution is 0.436. The molecule has 0 N–H and O–H groups in total. The van der Waals surface area contributed by atoms with Crippen molar-refractivity contribution in [2.24, 2.45) is 0 Å². The van der Waals surface area contributed by atoms with E-state index in [1.807, 2.05) is 12.1 Å². The zero-order chi connectivity index (χ0) is 46.2.